The molecule has 2 N–H and O–H groups in total. The largest absolute Gasteiger partial charge is 0.508 e. The van der Waals surface area contributed by atoms with E-state index >= 15 is 0 Å². The molecule has 1 aliphatic heterocycles. The van der Waals surface area contributed by atoms with E-state index in [0.717, 1.165) is 16.2 Å². The number of carbonyl (C=O) groups is 1. The first-order valence-corrected chi connectivity index (χ1v) is 5.83. The Hall–Kier alpha value is -1.16. The molecule has 0 fully saturated rings. The fourth-order valence-corrected chi connectivity index (χ4v) is 3.18. The predicted molar refractivity (Wildman–Crippen MR) is 58.4 cm³/mol. The molecule has 1 heterocycles. The maximum atomic E-state index is 10.5. The van der Waals surface area contributed by atoms with Gasteiger partial charge in [0.2, 0.25) is 0 Å². The summed E-state index contributed by atoms with van der Waals surface area (Å²) in [6, 6.07) is 5.46. The van der Waals surface area contributed by atoms with Gasteiger partial charge in [0.05, 0.1) is 0 Å². The lowest BCUT2D eigenvalue weighted by Crippen LogP contribution is -2.02. The van der Waals surface area contributed by atoms with Crippen molar-refractivity contribution in [2.75, 3.05) is 5.75 Å². The van der Waals surface area contributed by atoms with Crippen molar-refractivity contribution >= 4 is 17.7 Å². The number of phenolic OH excluding ortho intramolecular Hbond substituents is 1. The molecule has 2 rings (SSSR count). The molecule has 1 aliphatic rings. The van der Waals surface area contributed by atoms with E-state index in [2.05, 4.69) is 0 Å². The van der Waals surface area contributed by atoms with Gasteiger partial charge < -0.3 is 10.2 Å². The average molecular weight is 224 g/mol. The molecule has 1 unspecified atom stereocenters. The van der Waals surface area contributed by atoms with Gasteiger partial charge in [-0.3, -0.25) is 4.79 Å². The van der Waals surface area contributed by atoms with Crippen LogP contribution in [0.5, 0.6) is 5.75 Å². The van der Waals surface area contributed by atoms with E-state index in [1.165, 1.54) is 0 Å². The quantitative estimate of drug-likeness (QED) is 0.828. The summed E-state index contributed by atoms with van der Waals surface area (Å²) < 4.78 is 0. The van der Waals surface area contributed by atoms with Crippen LogP contribution in [0, 0.1) is 0 Å². The van der Waals surface area contributed by atoms with Gasteiger partial charge in [-0.2, -0.15) is 0 Å². The van der Waals surface area contributed by atoms with Gasteiger partial charge in [-0.25, -0.2) is 0 Å². The number of benzene rings is 1. The smallest absolute Gasteiger partial charge is 0.303 e. The fraction of sp³-hybridized carbons (Fsp3) is 0.364. The molecule has 1 aromatic carbocycles. The number of rotatable bonds is 3. The Morgan fingerprint density at radius 3 is 3.07 bits per heavy atom. The molecule has 3 nitrogen and oxygen atoms in total. The molecular weight excluding hydrogens is 212 g/mol. The highest BCUT2D eigenvalue weighted by molar-refractivity contribution is 7.99. The summed E-state index contributed by atoms with van der Waals surface area (Å²) in [5.74, 6) is 0.583. The number of phenols is 1. The number of hydrogen-bond donors (Lipinski definition) is 2. The SMILES string of the molecule is O=C(O)CCC1CSc2cccc(O)c21. The van der Waals surface area contributed by atoms with E-state index in [4.69, 9.17) is 5.11 Å². The number of thioether (sulfide) groups is 1. The molecule has 0 saturated heterocycles. The van der Waals surface area contributed by atoms with Gasteiger partial charge >= 0.3 is 5.97 Å². The van der Waals surface area contributed by atoms with Crippen molar-refractivity contribution in [1.82, 2.24) is 0 Å². The molecule has 0 radical (unpaired) electrons. The van der Waals surface area contributed by atoms with Crippen LogP contribution in [0.4, 0.5) is 0 Å². The van der Waals surface area contributed by atoms with Gasteiger partial charge in [0.15, 0.2) is 0 Å². The molecule has 1 atom stereocenters. The maximum absolute atomic E-state index is 10.5. The molecule has 4 heteroatoms. The average Bonchev–Trinajstić information content (AvgIpc) is 2.59. The van der Waals surface area contributed by atoms with E-state index in [-0.39, 0.29) is 12.3 Å². The van der Waals surface area contributed by atoms with E-state index < -0.39 is 5.97 Å². The van der Waals surface area contributed by atoms with E-state index in [1.807, 2.05) is 12.1 Å². The highest BCUT2D eigenvalue weighted by Crippen LogP contribution is 2.45. The first-order valence-electron chi connectivity index (χ1n) is 4.85. The predicted octanol–water partition coefficient (Wildman–Crippen LogP) is 2.45. The lowest BCUT2D eigenvalue weighted by Gasteiger charge is -2.10. The van der Waals surface area contributed by atoms with Gasteiger partial charge in [0.1, 0.15) is 5.75 Å². The fourth-order valence-electron chi connectivity index (χ4n) is 1.87. The van der Waals surface area contributed by atoms with E-state index in [0.29, 0.717) is 12.2 Å². The third kappa shape index (κ3) is 2.09. The van der Waals surface area contributed by atoms with Crippen molar-refractivity contribution < 1.29 is 15.0 Å². The van der Waals surface area contributed by atoms with Crippen LogP contribution >= 0.6 is 11.8 Å². The number of aromatic hydroxyl groups is 1. The minimum atomic E-state index is -0.774. The zero-order valence-corrected chi connectivity index (χ0v) is 8.96. The standard InChI is InChI=1S/C11H12O3S/c12-8-2-1-3-9-11(8)7(6-15-9)4-5-10(13)14/h1-3,7,12H,4-6H2,(H,13,14). The first-order chi connectivity index (χ1) is 7.18. The summed E-state index contributed by atoms with van der Waals surface area (Å²) in [6.07, 6.45) is 0.770. The van der Waals surface area contributed by atoms with Crippen molar-refractivity contribution in [1.29, 1.82) is 0 Å². The van der Waals surface area contributed by atoms with E-state index in [1.54, 1.807) is 17.8 Å². The minimum absolute atomic E-state index is 0.166. The molecule has 80 valence electrons. The summed E-state index contributed by atoms with van der Waals surface area (Å²) in [4.78, 5) is 11.6. The Balaban J connectivity index is 2.17. The van der Waals surface area contributed by atoms with Crippen LogP contribution in [0.1, 0.15) is 24.3 Å². The van der Waals surface area contributed by atoms with Gasteiger partial charge in [0.25, 0.3) is 0 Å². The second-order valence-electron chi connectivity index (χ2n) is 3.63. The zero-order valence-electron chi connectivity index (χ0n) is 8.14. The molecule has 0 aromatic heterocycles. The number of aliphatic carboxylic acids is 1. The van der Waals surface area contributed by atoms with Crippen molar-refractivity contribution in [2.45, 2.75) is 23.7 Å². The van der Waals surface area contributed by atoms with Crippen LogP contribution in [0.25, 0.3) is 0 Å². The van der Waals surface area contributed by atoms with Crippen LogP contribution in [-0.2, 0) is 4.79 Å². The zero-order chi connectivity index (χ0) is 10.8. The van der Waals surface area contributed by atoms with Gasteiger partial charge in [-0.15, -0.1) is 11.8 Å². The van der Waals surface area contributed by atoms with Gasteiger partial charge in [-0.05, 0) is 24.5 Å². The van der Waals surface area contributed by atoms with Crippen LogP contribution in [-0.4, -0.2) is 21.9 Å². The highest BCUT2D eigenvalue weighted by atomic mass is 32.2. The van der Waals surface area contributed by atoms with Gasteiger partial charge in [-0.1, -0.05) is 6.07 Å². The summed E-state index contributed by atoms with van der Waals surface area (Å²) >= 11 is 1.69. The molecule has 0 spiro atoms. The Kier molecular flexibility index (Phi) is 2.86. The van der Waals surface area contributed by atoms with Crippen molar-refractivity contribution in [2.24, 2.45) is 0 Å². The summed E-state index contributed by atoms with van der Waals surface area (Å²) in [5.41, 5.74) is 0.934. The van der Waals surface area contributed by atoms with Crippen molar-refractivity contribution in [3.63, 3.8) is 0 Å². The van der Waals surface area contributed by atoms with Crippen LogP contribution in [0.3, 0.4) is 0 Å². The molecule has 0 saturated carbocycles. The van der Waals surface area contributed by atoms with Crippen LogP contribution in [0.2, 0.25) is 0 Å². The number of hydrogen-bond acceptors (Lipinski definition) is 3. The molecule has 0 aliphatic carbocycles. The second-order valence-corrected chi connectivity index (χ2v) is 4.69. The first kappa shape index (κ1) is 10.4. The topological polar surface area (TPSA) is 57.5 Å². The van der Waals surface area contributed by atoms with Crippen molar-refractivity contribution in [3.8, 4) is 5.75 Å². The van der Waals surface area contributed by atoms with Crippen LogP contribution in [0.15, 0.2) is 23.1 Å². The highest BCUT2D eigenvalue weighted by Gasteiger charge is 2.26. The summed E-state index contributed by atoms with van der Waals surface area (Å²) in [5, 5.41) is 18.3. The van der Waals surface area contributed by atoms with Gasteiger partial charge in [0, 0.05) is 22.6 Å². The monoisotopic (exact) mass is 224 g/mol. The Labute approximate surface area is 92.1 Å². The Bertz CT molecular complexity index is 389. The normalized spacial score (nSPS) is 18.8. The Morgan fingerprint density at radius 1 is 1.53 bits per heavy atom. The third-order valence-electron chi connectivity index (χ3n) is 2.60. The molecule has 1 aromatic rings. The molecule has 0 amide bonds. The third-order valence-corrected chi connectivity index (χ3v) is 3.83. The Morgan fingerprint density at radius 2 is 2.33 bits per heavy atom. The number of carboxylic acids is 1. The number of carboxylic acid groups (broad SMARTS) is 1. The van der Waals surface area contributed by atoms with Crippen LogP contribution < -0.4 is 0 Å². The lowest BCUT2D eigenvalue weighted by atomic mass is 9.95. The van der Waals surface area contributed by atoms with Crippen molar-refractivity contribution in [3.05, 3.63) is 23.8 Å². The maximum Gasteiger partial charge on any atom is 0.303 e. The molecule has 15 heavy (non-hydrogen) atoms. The molecule has 0 bridgehead atoms. The van der Waals surface area contributed by atoms with E-state index in [9.17, 15) is 9.90 Å². The minimum Gasteiger partial charge on any atom is -0.508 e. The summed E-state index contributed by atoms with van der Waals surface area (Å²) in [7, 11) is 0. The lowest BCUT2D eigenvalue weighted by molar-refractivity contribution is -0.137. The number of fused-ring (bicyclic) bond motifs is 1. The summed E-state index contributed by atoms with van der Waals surface area (Å²) in [6.45, 7) is 0. The second kappa shape index (κ2) is 4.14. The molecular formula is C11H12O3S.